The molecule has 0 aliphatic carbocycles. The summed E-state index contributed by atoms with van der Waals surface area (Å²) >= 11 is 3.51. The molecule has 1 amide bonds. The second-order valence-electron chi connectivity index (χ2n) is 4.75. The second kappa shape index (κ2) is 5.79. The maximum atomic E-state index is 11.6. The molecule has 4 nitrogen and oxygen atoms in total. The van der Waals surface area contributed by atoms with E-state index in [1.54, 1.807) is 24.8 Å². The summed E-state index contributed by atoms with van der Waals surface area (Å²) in [5, 5.41) is 0. The van der Waals surface area contributed by atoms with E-state index in [1.807, 2.05) is 12.1 Å². The largest absolute Gasteiger partial charge is 0.466 e. The van der Waals surface area contributed by atoms with Crippen molar-refractivity contribution in [3.63, 3.8) is 0 Å². The Balaban J connectivity index is 2.40. The Morgan fingerprint density at radius 1 is 1.35 bits per heavy atom. The number of ether oxygens (including phenoxy) is 1. The predicted molar refractivity (Wildman–Crippen MR) is 81.5 cm³/mol. The van der Waals surface area contributed by atoms with Crippen LogP contribution in [0.2, 0.25) is 0 Å². The lowest BCUT2D eigenvalue weighted by atomic mass is 10.1. The van der Waals surface area contributed by atoms with Crippen LogP contribution in [-0.2, 0) is 20.7 Å². The van der Waals surface area contributed by atoms with E-state index in [4.69, 9.17) is 0 Å². The molecule has 1 aromatic rings. The number of esters is 1. The molecule has 1 aliphatic rings. The molecule has 2 rings (SSSR count). The molecule has 0 fully saturated rings. The van der Waals surface area contributed by atoms with Crippen LogP contribution in [0.25, 0.3) is 6.08 Å². The fourth-order valence-electron chi connectivity index (χ4n) is 2.38. The van der Waals surface area contributed by atoms with E-state index in [0.29, 0.717) is 12.1 Å². The van der Waals surface area contributed by atoms with Crippen molar-refractivity contribution in [1.29, 1.82) is 0 Å². The minimum Gasteiger partial charge on any atom is -0.466 e. The van der Waals surface area contributed by atoms with Crippen LogP contribution in [0.3, 0.4) is 0 Å². The number of carbonyl (C=O) groups is 2. The first-order valence-corrected chi connectivity index (χ1v) is 7.10. The predicted octanol–water partition coefficient (Wildman–Crippen LogP) is 2.93. The van der Waals surface area contributed by atoms with E-state index in [-0.39, 0.29) is 11.9 Å². The zero-order valence-electron chi connectivity index (χ0n) is 11.7. The van der Waals surface area contributed by atoms with Gasteiger partial charge in [0.25, 0.3) is 0 Å². The van der Waals surface area contributed by atoms with E-state index < -0.39 is 0 Å². The van der Waals surface area contributed by atoms with Crippen LogP contribution in [0.1, 0.15) is 25.0 Å². The standard InChI is InChI=1S/C15H16BrNO3/c1-9(15(19)20-3)6-11-7-12-4-5-17(10(2)18)14(12)13(16)8-11/h6-8H,4-5H2,1-3H3/b9-6+. The SMILES string of the molecule is COC(=O)/C(C)=C/c1cc(Br)c2c(c1)CCN2C(C)=O. The summed E-state index contributed by atoms with van der Waals surface area (Å²) in [5.41, 5.74) is 3.51. The van der Waals surface area contributed by atoms with Gasteiger partial charge in [0.15, 0.2) is 0 Å². The Bertz CT molecular complexity index is 607. The van der Waals surface area contributed by atoms with Gasteiger partial charge in [-0.1, -0.05) is 0 Å². The molecule has 20 heavy (non-hydrogen) atoms. The van der Waals surface area contributed by atoms with Gasteiger partial charge in [-0.3, -0.25) is 4.79 Å². The van der Waals surface area contributed by atoms with Gasteiger partial charge in [-0.15, -0.1) is 0 Å². The Morgan fingerprint density at radius 3 is 2.65 bits per heavy atom. The second-order valence-corrected chi connectivity index (χ2v) is 5.60. The first-order chi connectivity index (χ1) is 9.43. The van der Waals surface area contributed by atoms with Crippen LogP contribution in [0.15, 0.2) is 22.2 Å². The Hall–Kier alpha value is -1.62. The molecule has 0 saturated heterocycles. The fourth-order valence-corrected chi connectivity index (χ4v) is 3.12. The van der Waals surface area contributed by atoms with Crippen LogP contribution < -0.4 is 4.90 Å². The highest BCUT2D eigenvalue weighted by molar-refractivity contribution is 9.10. The van der Waals surface area contributed by atoms with Gasteiger partial charge in [0.05, 0.1) is 12.8 Å². The number of nitrogens with zero attached hydrogens (tertiary/aromatic N) is 1. The summed E-state index contributed by atoms with van der Waals surface area (Å²) in [5.74, 6) is -0.300. The molecule has 0 radical (unpaired) electrons. The molecule has 0 spiro atoms. The molecular weight excluding hydrogens is 322 g/mol. The van der Waals surface area contributed by atoms with Gasteiger partial charge in [-0.2, -0.15) is 0 Å². The van der Waals surface area contributed by atoms with Crippen LogP contribution in [0, 0.1) is 0 Å². The number of hydrogen-bond donors (Lipinski definition) is 0. The van der Waals surface area contributed by atoms with Gasteiger partial charge in [0, 0.05) is 23.5 Å². The number of rotatable bonds is 2. The molecular formula is C15H16BrNO3. The van der Waals surface area contributed by atoms with Gasteiger partial charge in [0.1, 0.15) is 0 Å². The Labute approximate surface area is 126 Å². The number of hydrogen-bond acceptors (Lipinski definition) is 3. The number of amides is 1. The van der Waals surface area contributed by atoms with Crippen molar-refractivity contribution in [2.24, 2.45) is 0 Å². The third-order valence-corrected chi connectivity index (χ3v) is 3.91. The van der Waals surface area contributed by atoms with Crippen LogP contribution >= 0.6 is 15.9 Å². The molecule has 0 N–H and O–H groups in total. The van der Waals surface area contributed by atoms with Crippen LogP contribution in [-0.4, -0.2) is 25.5 Å². The highest BCUT2D eigenvalue weighted by atomic mass is 79.9. The maximum absolute atomic E-state index is 11.6. The Morgan fingerprint density at radius 2 is 2.05 bits per heavy atom. The molecule has 1 aromatic carbocycles. The maximum Gasteiger partial charge on any atom is 0.333 e. The summed E-state index contributed by atoms with van der Waals surface area (Å²) in [6.45, 7) is 3.98. The van der Waals surface area contributed by atoms with Crippen LogP contribution in [0.5, 0.6) is 0 Å². The lowest BCUT2D eigenvalue weighted by Crippen LogP contribution is -2.26. The summed E-state index contributed by atoms with van der Waals surface area (Å²) in [7, 11) is 1.36. The van der Waals surface area contributed by atoms with E-state index in [1.165, 1.54) is 7.11 Å². The first kappa shape index (κ1) is 14.8. The highest BCUT2D eigenvalue weighted by Crippen LogP contribution is 2.37. The number of anilines is 1. The van der Waals surface area contributed by atoms with Gasteiger partial charge < -0.3 is 9.64 Å². The molecule has 0 saturated carbocycles. The quantitative estimate of drug-likeness (QED) is 0.615. The molecule has 1 heterocycles. The highest BCUT2D eigenvalue weighted by Gasteiger charge is 2.25. The van der Waals surface area contributed by atoms with Gasteiger partial charge in [-0.25, -0.2) is 4.79 Å². The minimum absolute atomic E-state index is 0.0403. The zero-order valence-corrected chi connectivity index (χ0v) is 13.3. The fraction of sp³-hybridized carbons (Fsp3) is 0.333. The van der Waals surface area contributed by atoms with Crippen molar-refractivity contribution in [1.82, 2.24) is 0 Å². The topological polar surface area (TPSA) is 46.6 Å². The Kier molecular flexibility index (Phi) is 4.28. The normalized spacial score (nSPS) is 14.2. The average Bonchev–Trinajstić information content (AvgIpc) is 2.82. The number of benzene rings is 1. The molecule has 106 valence electrons. The third kappa shape index (κ3) is 2.77. The lowest BCUT2D eigenvalue weighted by molar-refractivity contribution is -0.135. The van der Waals surface area contributed by atoms with Crippen molar-refractivity contribution < 1.29 is 14.3 Å². The summed E-state index contributed by atoms with van der Waals surface area (Å²) < 4.78 is 5.55. The van der Waals surface area contributed by atoms with Crippen molar-refractivity contribution in [2.45, 2.75) is 20.3 Å². The third-order valence-electron chi connectivity index (χ3n) is 3.31. The van der Waals surface area contributed by atoms with Crippen molar-refractivity contribution in [3.8, 4) is 0 Å². The lowest BCUT2D eigenvalue weighted by Gasteiger charge is -2.16. The minimum atomic E-state index is -0.341. The first-order valence-electron chi connectivity index (χ1n) is 6.31. The number of carbonyl (C=O) groups excluding carboxylic acids is 2. The average molecular weight is 338 g/mol. The molecule has 0 atom stereocenters. The molecule has 1 aliphatic heterocycles. The number of halogens is 1. The summed E-state index contributed by atoms with van der Waals surface area (Å²) in [6.07, 6.45) is 2.61. The van der Waals surface area contributed by atoms with Gasteiger partial charge in [-0.05, 0) is 58.6 Å². The monoisotopic (exact) mass is 337 g/mol. The van der Waals surface area contributed by atoms with Gasteiger partial charge >= 0.3 is 5.97 Å². The van der Waals surface area contributed by atoms with E-state index in [2.05, 4.69) is 20.7 Å². The number of fused-ring (bicyclic) bond motifs is 1. The summed E-state index contributed by atoms with van der Waals surface area (Å²) in [6, 6.07) is 3.92. The number of methoxy groups -OCH3 is 1. The van der Waals surface area contributed by atoms with E-state index in [0.717, 1.165) is 27.7 Å². The smallest absolute Gasteiger partial charge is 0.333 e. The molecule has 0 aromatic heterocycles. The van der Waals surface area contributed by atoms with Crippen molar-refractivity contribution >= 4 is 39.6 Å². The van der Waals surface area contributed by atoms with Gasteiger partial charge in [0.2, 0.25) is 5.91 Å². The van der Waals surface area contributed by atoms with Crippen molar-refractivity contribution in [2.75, 3.05) is 18.6 Å². The summed E-state index contributed by atoms with van der Waals surface area (Å²) in [4.78, 5) is 24.8. The van der Waals surface area contributed by atoms with E-state index in [9.17, 15) is 9.59 Å². The zero-order chi connectivity index (χ0) is 14.9. The van der Waals surface area contributed by atoms with Crippen molar-refractivity contribution in [3.05, 3.63) is 33.3 Å². The van der Waals surface area contributed by atoms with E-state index >= 15 is 0 Å². The molecule has 0 bridgehead atoms. The molecule has 0 unspecified atom stereocenters. The van der Waals surface area contributed by atoms with Crippen LogP contribution in [0.4, 0.5) is 5.69 Å². The molecule has 5 heteroatoms.